The van der Waals surface area contributed by atoms with Crippen LogP contribution in [0.2, 0.25) is 0 Å². The first-order valence-corrected chi connectivity index (χ1v) is 7.97. The lowest BCUT2D eigenvalue weighted by molar-refractivity contribution is -0.0329. The normalized spacial score (nSPS) is 12.5. The highest BCUT2D eigenvalue weighted by Gasteiger charge is 2.27. The number of hydrogen-bond donors (Lipinski definition) is 0. The average molecular weight is 339 g/mol. The first-order chi connectivity index (χ1) is 8.59. The molecule has 0 aliphatic rings. The van der Waals surface area contributed by atoms with Gasteiger partial charge in [-0.3, -0.25) is 0 Å². The minimum absolute atomic E-state index is 0.292. The predicted molar refractivity (Wildman–Crippen MR) is 63.4 cm³/mol. The Morgan fingerprint density at radius 2 is 1.95 bits per heavy atom. The molecule has 0 spiro atoms. The monoisotopic (exact) mass is 338 g/mol. The highest BCUT2D eigenvalue weighted by atomic mass is 35.7. The second-order valence-corrected chi connectivity index (χ2v) is 6.87. The summed E-state index contributed by atoms with van der Waals surface area (Å²) >= 11 is -0.312. The predicted octanol–water partition coefficient (Wildman–Crippen LogP) is 3.39. The molecule has 0 amide bonds. The first-order valence-electron chi connectivity index (χ1n) is 4.67. The van der Waals surface area contributed by atoms with Gasteiger partial charge in [0.25, 0.3) is 9.05 Å². The summed E-state index contributed by atoms with van der Waals surface area (Å²) < 4.78 is 75.5. The Kier molecular flexibility index (Phi) is 5.34. The molecular weight excluding hydrogens is 332 g/mol. The highest BCUT2D eigenvalue weighted by molar-refractivity contribution is 8.13. The maximum atomic E-state index is 12.9. The van der Waals surface area contributed by atoms with Crippen molar-refractivity contribution in [3.8, 4) is 5.75 Å². The number of alkyl halides is 3. The molecule has 0 aliphatic heterocycles. The largest absolute Gasteiger partial charge is 0.491 e. The molecule has 0 saturated heterocycles. The van der Waals surface area contributed by atoms with Crippen molar-refractivity contribution in [1.29, 1.82) is 0 Å². The average Bonchev–Trinajstić information content (AvgIpc) is 2.23. The van der Waals surface area contributed by atoms with Gasteiger partial charge in [0.05, 0.1) is 6.61 Å². The molecule has 1 aromatic carbocycles. The van der Waals surface area contributed by atoms with E-state index in [9.17, 15) is 26.0 Å². The number of hydrogen-bond acceptors (Lipinski definition) is 4. The van der Waals surface area contributed by atoms with Crippen LogP contribution in [0.15, 0.2) is 23.1 Å². The summed E-state index contributed by atoms with van der Waals surface area (Å²) in [5.74, 6) is -1.57. The zero-order chi connectivity index (χ0) is 14.7. The third-order valence-electron chi connectivity index (χ3n) is 1.78. The van der Waals surface area contributed by atoms with Crippen molar-refractivity contribution in [1.82, 2.24) is 0 Å². The van der Waals surface area contributed by atoms with E-state index < -0.39 is 37.6 Å². The summed E-state index contributed by atoms with van der Waals surface area (Å²) in [4.78, 5) is -0.619. The smallest absolute Gasteiger partial charge is 0.441 e. The van der Waals surface area contributed by atoms with Crippen LogP contribution < -0.4 is 4.74 Å². The van der Waals surface area contributed by atoms with Crippen LogP contribution in [0.4, 0.5) is 17.6 Å². The van der Waals surface area contributed by atoms with Gasteiger partial charge in [-0.05, 0) is 30.0 Å². The molecule has 0 saturated carbocycles. The maximum Gasteiger partial charge on any atom is 0.441 e. The number of thioether (sulfide) groups is 1. The van der Waals surface area contributed by atoms with Gasteiger partial charge in [0.2, 0.25) is 0 Å². The zero-order valence-corrected chi connectivity index (χ0v) is 11.5. The number of rotatable bonds is 5. The first kappa shape index (κ1) is 16.4. The van der Waals surface area contributed by atoms with Gasteiger partial charge < -0.3 is 4.74 Å². The number of benzene rings is 1. The standard InChI is InChI=1S/C9H7ClF4O3S2/c10-19(15,16)8-5-6(11)1-2-7(8)17-3-4-18-9(12,13)14/h1-2,5H,3-4H2. The molecule has 1 rings (SSSR count). The topological polar surface area (TPSA) is 43.4 Å². The van der Waals surface area contributed by atoms with Crippen molar-refractivity contribution < 1.29 is 30.7 Å². The minimum Gasteiger partial charge on any atom is -0.491 e. The van der Waals surface area contributed by atoms with Crippen LogP contribution in [-0.2, 0) is 9.05 Å². The molecule has 0 bridgehead atoms. The van der Waals surface area contributed by atoms with Crippen LogP contribution in [0.5, 0.6) is 5.75 Å². The van der Waals surface area contributed by atoms with Crippen LogP contribution in [0, 0.1) is 5.82 Å². The summed E-state index contributed by atoms with van der Waals surface area (Å²) in [6.07, 6.45) is 0. The fourth-order valence-corrected chi connectivity index (χ4v) is 2.48. The van der Waals surface area contributed by atoms with Crippen LogP contribution in [0.3, 0.4) is 0 Å². The van der Waals surface area contributed by atoms with E-state index in [2.05, 4.69) is 0 Å². The van der Waals surface area contributed by atoms with E-state index in [1.54, 1.807) is 0 Å². The van der Waals surface area contributed by atoms with Gasteiger partial charge >= 0.3 is 5.51 Å². The summed E-state index contributed by atoms with van der Waals surface area (Å²) in [5, 5.41) is 0. The molecule has 0 aliphatic carbocycles. The Hall–Kier alpha value is -0.670. The Morgan fingerprint density at radius 3 is 2.47 bits per heavy atom. The van der Waals surface area contributed by atoms with Gasteiger partial charge in [0, 0.05) is 16.4 Å². The second kappa shape index (κ2) is 6.19. The third kappa shape index (κ3) is 5.87. The lowest BCUT2D eigenvalue weighted by atomic mass is 10.3. The van der Waals surface area contributed by atoms with Crippen LogP contribution >= 0.6 is 22.4 Å². The van der Waals surface area contributed by atoms with E-state index in [0.29, 0.717) is 6.07 Å². The van der Waals surface area contributed by atoms with Gasteiger partial charge in [-0.1, -0.05) is 0 Å². The zero-order valence-electron chi connectivity index (χ0n) is 9.08. The van der Waals surface area contributed by atoms with Crippen molar-refractivity contribution >= 4 is 31.5 Å². The number of ether oxygens (including phenoxy) is 1. The van der Waals surface area contributed by atoms with Gasteiger partial charge in [0.1, 0.15) is 16.5 Å². The van der Waals surface area contributed by atoms with Gasteiger partial charge in [-0.15, -0.1) is 0 Å². The second-order valence-electron chi connectivity index (χ2n) is 3.17. The summed E-state index contributed by atoms with van der Waals surface area (Å²) in [5.41, 5.74) is -4.40. The summed E-state index contributed by atoms with van der Waals surface area (Å²) in [6, 6.07) is 2.54. The molecule has 0 radical (unpaired) electrons. The Morgan fingerprint density at radius 1 is 1.32 bits per heavy atom. The van der Waals surface area contributed by atoms with E-state index in [4.69, 9.17) is 15.4 Å². The summed E-state index contributed by atoms with van der Waals surface area (Å²) in [6.45, 7) is -0.394. The third-order valence-corrected chi connectivity index (χ3v) is 3.82. The molecule has 10 heteroatoms. The quantitative estimate of drug-likeness (QED) is 0.469. The van der Waals surface area contributed by atoms with Crippen molar-refractivity contribution in [2.24, 2.45) is 0 Å². The van der Waals surface area contributed by atoms with Gasteiger partial charge in [-0.2, -0.15) is 13.2 Å². The van der Waals surface area contributed by atoms with E-state index in [1.807, 2.05) is 0 Å². The molecule has 0 aromatic heterocycles. The Balaban J connectivity index is 2.74. The molecule has 108 valence electrons. The fraction of sp³-hybridized carbons (Fsp3) is 0.333. The molecule has 0 fully saturated rings. The van der Waals surface area contributed by atoms with Crippen LogP contribution in [0.1, 0.15) is 0 Å². The van der Waals surface area contributed by atoms with E-state index >= 15 is 0 Å². The van der Waals surface area contributed by atoms with E-state index in [-0.39, 0.29) is 17.5 Å². The number of halogens is 5. The van der Waals surface area contributed by atoms with Gasteiger partial charge in [0.15, 0.2) is 0 Å². The SMILES string of the molecule is O=S(=O)(Cl)c1cc(F)ccc1OCCSC(F)(F)F. The van der Waals surface area contributed by atoms with Crippen molar-refractivity contribution in [3.63, 3.8) is 0 Å². The molecule has 19 heavy (non-hydrogen) atoms. The molecule has 1 aromatic rings. The van der Waals surface area contributed by atoms with E-state index in [1.165, 1.54) is 0 Å². The van der Waals surface area contributed by atoms with Crippen molar-refractivity contribution in [3.05, 3.63) is 24.0 Å². The minimum atomic E-state index is -4.40. The molecular formula is C9H7ClF4O3S2. The highest BCUT2D eigenvalue weighted by Crippen LogP contribution is 2.31. The lowest BCUT2D eigenvalue weighted by Gasteiger charge is -2.10. The van der Waals surface area contributed by atoms with Crippen LogP contribution in [-0.4, -0.2) is 26.3 Å². The molecule has 3 nitrogen and oxygen atoms in total. The summed E-state index contributed by atoms with van der Waals surface area (Å²) in [7, 11) is 0.818. The van der Waals surface area contributed by atoms with Crippen molar-refractivity contribution in [2.45, 2.75) is 10.4 Å². The molecule has 0 N–H and O–H groups in total. The lowest BCUT2D eigenvalue weighted by Crippen LogP contribution is -2.09. The molecule has 0 heterocycles. The fourth-order valence-electron chi connectivity index (χ4n) is 1.10. The molecule has 0 unspecified atom stereocenters. The van der Waals surface area contributed by atoms with Gasteiger partial charge in [-0.25, -0.2) is 12.8 Å². The Bertz CT molecular complexity index is 545. The molecule has 0 atom stereocenters. The Labute approximate surface area is 115 Å². The maximum absolute atomic E-state index is 12.9. The van der Waals surface area contributed by atoms with E-state index in [0.717, 1.165) is 12.1 Å². The van der Waals surface area contributed by atoms with Crippen molar-refractivity contribution in [2.75, 3.05) is 12.4 Å². The van der Waals surface area contributed by atoms with Crippen LogP contribution in [0.25, 0.3) is 0 Å².